The second-order valence-electron chi connectivity index (χ2n) is 4.70. The number of carbonyl (C=O) groups is 1. The van der Waals surface area contributed by atoms with Crippen LogP contribution in [0.3, 0.4) is 0 Å². The Bertz CT molecular complexity index is 189. The minimum atomic E-state index is -0.122. The monoisotopic (exact) mass is 198 g/mol. The molecule has 2 heteroatoms. The van der Waals surface area contributed by atoms with E-state index in [1.54, 1.807) is 0 Å². The standard InChI is InChI=1S/C12H22O2/c1-6-7-10(12(2,3)4)8-9-11(13)14-5/h6,10H,1,7-9H2,2-5H3. The van der Waals surface area contributed by atoms with Gasteiger partial charge < -0.3 is 4.74 Å². The summed E-state index contributed by atoms with van der Waals surface area (Å²) in [6.45, 7) is 10.3. The second-order valence-corrected chi connectivity index (χ2v) is 4.70. The zero-order valence-electron chi connectivity index (χ0n) is 9.80. The van der Waals surface area contributed by atoms with E-state index in [1.165, 1.54) is 7.11 Å². The third kappa shape index (κ3) is 5.05. The van der Waals surface area contributed by atoms with E-state index in [9.17, 15) is 4.79 Å². The summed E-state index contributed by atoms with van der Waals surface area (Å²) in [7, 11) is 1.43. The van der Waals surface area contributed by atoms with E-state index >= 15 is 0 Å². The van der Waals surface area contributed by atoms with Crippen molar-refractivity contribution in [2.45, 2.75) is 40.0 Å². The molecule has 0 amide bonds. The van der Waals surface area contributed by atoms with Gasteiger partial charge in [0.2, 0.25) is 0 Å². The van der Waals surface area contributed by atoms with E-state index in [4.69, 9.17) is 0 Å². The quantitative estimate of drug-likeness (QED) is 0.501. The predicted molar refractivity (Wildman–Crippen MR) is 59.0 cm³/mol. The van der Waals surface area contributed by atoms with Crippen molar-refractivity contribution in [2.75, 3.05) is 7.11 Å². The zero-order valence-corrected chi connectivity index (χ0v) is 9.80. The van der Waals surface area contributed by atoms with Crippen LogP contribution in [0, 0.1) is 11.3 Å². The Morgan fingerprint density at radius 3 is 2.43 bits per heavy atom. The predicted octanol–water partition coefficient (Wildman–Crippen LogP) is 3.18. The molecule has 2 nitrogen and oxygen atoms in total. The van der Waals surface area contributed by atoms with Gasteiger partial charge in [0.25, 0.3) is 0 Å². The fourth-order valence-corrected chi connectivity index (χ4v) is 1.50. The van der Waals surface area contributed by atoms with E-state index in [-0.39, 0.29) is 11.4 Å². The van der Waals surface area contributed by atoms with Crippen LogP contribution in [0.15, 0.2) is 12.7 Å². The van der Waals surface area contributed by atoms with Crippen LogP contribution in [0.2, 0.25) is 0 Å². The van der Waals surface area contributed by atoms with Gasteiger partial charge in [-0.25, -0.2) is 0 Å². The van der Waals surface area contributed by atoms with Crippen LogP contribution >= 0.6 is 0 Å². The lowest BCUT2D eigenvalue weighted by atomic mass is 9.76. The van der Waals surface area contributed by atoms with Crippen LogP contribution in [-0.4, -0.2) is 13.1 Å². The molecule has 0 rings (SSSR count). The molecule has 1 atom stereocenters. The number of allylic oxidation sites excluding steroid dienone is 1. The van der Waals surface area contributed by atoms with Gasteiger partial charge >= 0.3 is 5.97 Å². The van der Waals surface area contributed by atoms with Crippen molar-refractivity contribution >= 4 is 5.97 Å². The van der Waals surface area contributed by atoms with Gasteiger partial charge in [-0.1, -0.05) is 26.8 Å². The van der Waals surface area contributed by atoms with Gasteiger partial charge in [-0.3, -0.25) is 4.79 Å². The normalized spacial score (nSPS) is 13.4. The molecule has 82 valence electrons. The summed E-state index contributed by atoms with van der Waals surface area (Å²) in [4.78, 5) is 11.0. The lowest BCUT2D eigenvalue weighted by molar-refractivity contribution is -0.141. The summed E-state index contributed by atoms with van der Waals surface area (Å²) in [5, 5.41) is 0. The van der Waals surface area contributed by atoms with Crippen molar-refractivity contribution < 1.29 is 9.53 Å². The van der Waals surface area contributed by atoms with E-state index in [0.717, 1.165) is 12.8 Å². The van der Waals surface area contributed by atoms with Crippen molar-refractivity contribution in [3.8, 4) is 0 Å². The molecule has 0 aliphatic carbocycles. The lowest BCUT2D eigenvalue weighted by Crippen LogP contribution is -2.21. The topological polar surface area (TPSA) is 26.3 Å². The smallest absolute Gasteiger partial charge is 0.305 e. The summed E-state index contributed by atoms with van der Waals surface area (Å²) < 4.78 is 4.63. The fraction of sp³-hybridized carbons (Fsp3) is 0.750. The number of rotatable bonds is 5. The Kier molecular flexibility index (Phi) is 5.51. The first-order valence-electron chi connectivity index (χ1n) is 5.09. The molecule has 0 aliphatic rings. The van der Waals surface area contributed by atoms with E-state index in [2.05, 4.69) is 32.1 Å². The Hall–Kier alpha value is -0.790. The van der Waals surface area contributed by atoms with Crippen LogP contribution in [0.5, 0.6) is 0 Å². The van der Waals surface area contributed by atoms with Gasteiger partial charge in [0.15, 0.2) is 0 Å². The van der Waals surface area contributed by atoms with Crippen molar-refractivity contribution in [3.05, 3.63) is 12.7 Å². The highest BCUT2D eigenvalue weighted by Crippen LogP contribution is 2.32. The zero-order chi connectivity index (χ0) is 11.2. The molecule has 0 radical (unpaired) electrons. The Balaban J connectivity index is 4.10. The summed E-state index contributed by atoms with van der Waals surface area (Å²) in [5.41, 5.74) is 0.224. The molecule has 0 bridgehead atoms. The molecular formula is C12H22O2. The van der Waals surface area contributed by atoms with Crippen LogP contribution in [0.1, 0.15) is 40.0 Å². The van der Waals surface area contributed by atoms with E-state index in [1.807, 2.05) is 6.08 Å². The molecule has 0 N–H and O–H groups in total. The van der Waals surface area contributed by atoms with Crippen molar-refractivity contribution in [3.63, 3.8) is 0 Å². The molecule has 0 saturated heterocycles. The molecule has 14 heavy (non-hydrogen) atoms. The molecule has 0 aliphatic heterocycles. The molecular weight excluding hydrogens is 176 g/mol. The number of methoxy groups -OCH3 is 1. The van der Waals surface area contributed by atoms with Gasteiger partial charge in [-0.15, -0.1) is 6.58 Å². The molecule has 0 heterocycles. The van der Waals surface area contributed by atoms with Crippen LogP contribution in [0.25, 0.3) is 0 Å². The van der Waals surface area contributed by atoms with Crippen LogP contribution < -0.4 is 0 Å². The highest BCUT2D eigenvalue weighted by Gasteiger charge is 2.23. The molecule has 0 saturated carbocycles. The highest BCUT2D eigenvalue weighted by atomic mass is 16.5. The van der Waals surface area contributed by atoms with Gasteiger partial charge in [-0.2, -0.15) is 0 Å². The Labute approximate surface area is 87.3 Å². The van der Waals surface area contributed by atoms with Gasteiger partial charge in [0.1, 0.15) is 0 Å². The first-order valence-corrected chi connectivity index (χ1v) is 5.09. The maximum atomic E-state index is 11.0. The molecule has 0 aromatic carbocycles. The average molecular weight is 198 g/mol. The lowest BCUT2D eigenvalue weighted by Gasteiger charge is -2.29. The minimum Gasteiger partial charge on any atom is -0.469 e. The highest BCUT2D eigenvalue weighted by molar-refractivity contribution is 5.69. The van der Waals surface area contributed by atoms with Crippen molar-refractivity contribution in [1.29, 1.82) is 0 Å². The number of hydrogen-bond acceptors (Lipinski definition) is 2. The minimum absolute atomic E-state index is 0.122. The summed E-state index contributed by atoms with van der Waals surface area (Å²) in [6, 6.07) is 0. The maximum absolute atomic E-state index is 11.0. The summed E-state index contributed by atoms with van der Waals surface area (Å²) >= 11 is 0. The number of ether oxygens (including phenoxy) is 1. The first-order chi connectivity index (χ1) is 6.41. The number of esters is 1. The molecule has 0 aromatic rings. The number of hydrogen-bond donors (Lipinski definition) is 0. The largest absolute Gasteiger partial charge is 0.469 e. The molecule has 0 fully saturated rings. The Morgan fingerprint density at radius 2 is 2.07 bits per heavy atom. The molecule has 0 aromatic heterocycles. The van der Waals surface area contributed by atoms with Gasteiger partial charge in [0, 0.05) is 6.42 Å². The SMILES string of the molecule is C=CCC(CCC(=O)OC)C(C)(C)C. The third-order valence-corrected chi connectivity index (χ3v) is 2.60. The summed E-state index contributed by atoms with van der Waals surface area (Å²) in [5.74, 6) is 0.377. The molecule has 1 unspecified atom stereocenters. The summed E-state index contributed by atoms with van der Waals surface area (Å²) in [6.07, 6.45) is 4.27. The fourth-order valence-electron chi connectivity index (χ4n) is 1.50. The van der Waals surface area contributed by atoms with Crippen LogP contribution in [-0.2, 0) is 9.53 Å². The van der Waals surface area contributed by atoms with E-state index < -0.39 is 0 Å². The second kappa shape index (κ2) is 5.84. The van der Waals surface area contributed by atoms with Crippen LogP contribution in [0.4, 0.5) is 0 Å². The Morgan fingerprint density at radius 1 is 1.50 bits per heavy atom. The van der Waals surface area contributed by atoms with Gasteiger partial charge in [-0.05, 0) is 24.2 Å². The maximum Gasteiger partial charge on any atom is 0.305 e. The van der Waals surface area contributed by atoms with Crippen molar-refractivity contribution in [1.82, 2.24) is 0 Å². The van der Waals surface area contributed by atoms with Crippen molar-refractivity contribution in [2.24, 2.45) is 11.3 Å². The van der Waals surface area contributed by atoms with Gasteiger partial charge in [0.05, 0.1) is 7.11 Å². The number of carbonyl (C=O) groups excluding carboxylic acids is 1. The third-order valence-electron chi connectivity index (χ3n) is 2.60. The molecule has 0 spiro atoms. The first kappa shape index (κ1) is 13.2. The van der Waals surface area contributed by atoms with E-state index in [0.29, 0.717) is 12.3 Å². The average Bonchev–Trinajstić information content (AvgIpc) is 2.09.